The van der Waals surface area contributed by atoms with E-state index in [0.29, 0.717) is 5.56 Å². The first-order valence-corrected chi connectivity index (χ1v) is 6.68. The lowest BCUT2D eigenvalue weighted by Gasteiger charge is -2.51. The molecule has 4 nitrogen and oxygen atoms in total. The number of aromatic nitrogens is 1. The van der Waals surface area contributed by atoms with E-state index in [9.17, 15) is 4.79 Å². The summed E-state index contributed by atoms with van der Waals surface area (Å²) in [5, 5.41) is 3.03. The lowest BCUT2D eigenvalue weighted by Crippen LogP contribution is -2.61. The molecule has 1 heterocycles. The van der Waals surface area contributed by atoms with Crippen molar-refractivity contribution in [2.45, 2.75) is 32.4 Å². The summed E-state index contributed by atoms with van der Waals surface area (Å²) in [5.74, 6) is -0.0866. The van der Waals surface area contributed by atoms with E-state index in [2.05, 4.69) is 40.1 Å². The van der Waals surface area contributed by atoms with Crippen molar-refractivity contribution in [2.75, 3.05) is 7.11 Å². The van der Waals surface area contributed by atoms with Gasteiger partial charge in [0.2, 0.25) is 0 Å². The topological polar surface area (TPSA) is 51.2 Å². The lowest BCUT2D eigenvalue weighted by atomic mass is 9.64. The van der Waals surface area contributed by atoms with Gasteiger partial charge in [0.25, 0.3) is 5.91 Å². The molecule has 1 amide bonds. The highest BCUT2D eigenvalue weighted by Gasteiger charge is 2.49. The second kappa shape index (κ2) is 4.97. The average molecular weight is 313 g/mol. The number of hydrogen-bond acceptors (Lipinski definition) is 3. The van der Waals surface area contributed by atoms with Crippen molar-refractivity contribution >= 4 is 21.8 Å². The molecular weight excluding hydrogens is 296 g/mol. The van der Waals surface area contributed by atoms with Gasteiger partial charge in [-0.05, 0) is 28.4 Å². The maximum absolute atomic E-state index is 12.1. The summed E-state index contributed by atoms with van der Waals surface area (Å²) < 4.78 is 6.17. The smallest absolute Gasteiger partial charge is 0.253 e. The molecule has 2 unspecified atom stereocenters. The molecule has 0 spiro atoms. The molecule has 0 saturated heterocycles. The number of nitrogens with one attached hydrogen (secondary N) is 1. The fourth-order valence-electron chi connectivity index (χ4n) is 2.31. The molecule has 1 saturated carbocycles. The third-order valence-electron chi connectivity index (χ3n) is 3.73. The van der Waals surface area contributed by atoms with Crippen molar-refractivity contribution < 1.29 is 9.53 Å². The number of pyridine rings is 1. The molecule has 0 aliphatic heterocycles. The number of methoxy groups -OCH3 is 1. The highest BCUT2D eigenvalue weighted by molar-refractivity contribution is 9.10. The van der Waals surface area contributed by atoms with Gasteiger partial charge in [-0.3, -0.25) is 9.78 Å². The van der Waals surface area contributed by atoms with E-state index < -0.39 is 0 Å². The second-order valence-electron chi connectivity index (χ2n) is 5.20. The molecule has 2 atom stereocenters. The van der Waals surface area contributed by atoms with Gasteiger partial charge in [-0.25, -0.2) is 0 Å². The van der Waals surface area contributed by atoms with Gasteiger partial charge in [0.1, 0.15) is 0 Å². The highest BCUT2D eigenvalue weighted by atomic mass is 79.9. The number of halogens is 1. The number of nitrogens with zero attached hydrogens (tertiary/aromatic N) is 1. The van der Waals surface area contributed by atoms with Crippen LogP contribution in [0.15, 0.2) is 22.9 Å². The Morgan fingerprint density at radius 1 is 1.56 bits per heavy atom. The molecule has 2 rings (SSSR count). The Morgan fingerprint density at radius 2 is 2.28 bits per heavy atom. The van der Waals surface area contributed by atoms with E-state index in [4.69, 9.17) is 4.74 Å². The number of rotatable bonds is 3. The van der Waals surface area contributed by atoms with Crippen LogP contribution in [0.3, 0.4) is 0 Å². The maximum Gasteiger partial charge on any atom is 0.253 e. The third-order valence-corrected chi connectivity index (χ3v) is 4.17. The molecular formula is C13H17BrN2O2. The van der Waals surface area contributed by atoms with Crippen LogP contribution < -0.4 is 5.32 Å². The molecule has 0 bridgehead atoms. The minimum Gasteiger partial charge on any atom is -0.381 e. The zero-order valence-corrected chi connectivity index (χ0v) is 12.3. The first-order valence-electron chi connectivity index (χ1n) is 5.89. The fourth-order valence-corrected chi connectivity index (χ4v) is 2.67. The Balaban J connectivity index is 2.01. The SMILES string of the molecule is COC1CC(NC(=O)c2cncc(Br)c2)C1(C)C. The van der Waals surface area contributed by atoms with E-state index >= 15 is 0 Å². The van der Waals surface area contributed by atoms with E-state index in [1.807, 2.05) is 0 Å². The molecule has 1 fully saturated rings. The van der Waals surface area contributed by atoms with Crippen LogP contribution in [0, 0.1) is 5.41 Å². The van der Waals surface area contributed by atoms with Crippen LogP contribution >= 0.6 is 15.9 Å². The first kappa shape index (κ1) is 13.5. The number of hydrogen-bond donors (Lipinski definition) is 1. The van der Waals surface area contributed by atoms with Crippen LogP contribution in [0.4, 0.5) is 0 Å². The molecule has 98 valence electrons. The summed E-state index contributed by atoms with van der Waals surface area (Å²) in [6.07, 6.45) is 4.30. The summed E-state index contributed by atoms with van der Waals surface area (Å²) in [6, 6.07) is 1.91. The molecule has 0 radical (unpaired) electrons. The predicted molar refractivity (Wildman–Crippen MR) is 72.4 cm³/mol. The van der Waals surface area contributed by atoms with Gasteiger partial charge in [0, 0.05) is 35.4 Å². The van der Waals surface area contributed by atoms with Crippen LogP contribution in [0.1, 0.15) is 30.6 Å². The minimum absolute atomic E-state index is 0.0240. The Bertz CT molecular complexity index is 462. The van der Waals surface area contributed by atoms with E-state index in [1.165, 1.54) is 0 Å². The van der Waals surface area contributed by atoms with Gasteiger partial charge < -0.3 is 10.1 Å². The Morgan fingerprint density at radius 3 is 2.83 bits per heavy atom. The van der Waals surface area contributed by atoms with Crippen molar-refractivity contribution in [3.8, 4) is 0 Å². The van der Waals surface area contributed by atoms with Crippen molar-refractivity contribution in [1.82, 2.24) is 10.3 Å². The zero-order chi connectivity index (χ0) is 13.3. The molecule has 1 aromatic heterocycles. The standard InChI is InChI=1S/C13H17BrN2O2/c1-13(2)10(5-11(13)18-3)16-12(17)8-4-9(14)7-15-6-8/h4,6-7,10-11H,5H2,1-3H3,(H,16,17). The van der Waals surface area contributed by atoms with Crippen molar-refractivity contribution in [3.63, 3.8) is 0 Å². The molecule has 1 aromatic rings. The predicted octanol–water partition coefficient (Wildman–Crippen LogP) is 2.39. The summed E-state index contributed by atoms with van der Waals surface area (Å²) in [6.45, 7) is 4.21. The van der Waals surface area contributed by atoms with Crippen LogP contribution in [0.2, 0.25) is 0 Å². The maximum atomic E-state index is 12.1. The molecule has 0 aromatic carbocycles. The van der Waals surface area contributed by atoms with Gasteiger partial charge in [0.05, 0.1) is 11.7 Å². The number of carbonyl (C=O) groups is 1. The average Bonchev–Trinajstić information content (AvgIpc) is 2.33. The summed E-state index contributed by atoms with van der Waals surface area (Å²) in [5.41, 5.74) is 0.546. The quantitative estimate of drug-likeness (QED) is 0.932. The lowest BCUT2D eigenvalue weighted by molar-refractivity contribution is -0.0942. The third kappa shape index (κ3) is 2.42. The van der Waals surface area contributed by atoms with Gasteiger partial charge in [-0.2, -0.15) is 0 Å². The van der Waals surface area contributed by atoms with Crippen LogP contribution in [0.5, 0.6) is 0 Å². The molecule has 1 aliphatic carbocycles. The first-order chi connectivity index (χ1) is 8.45. The highest BCUT2D eigenvalue weighted by Crippen LogP contribution is 2.42. The Labute approximate surface area is 115 Å². The molecule has 1 aliphatic rings. The normalized spacial score (nSPS) is 25.3. The van der Waals surface area contributed by atoms with Crippen LogP contribution in [-0.4, -0.2) is 30.1 Å². The zero-order valence-electron chi connectivity index (χ0n) is 10.7. The monoisotopic (exact) mass is 312 g/mol. The number of amides is 1. The number of ether oxygens (including phenoxy) is 1. The Kier molecular flexibility index (Phi) is 3.73. The molecule has 5 heteroatoms. The van der Waals surface area contributed by atoms with Gasteiger partial charge in [0.15, 0.2) is 0 Å². The van der Waals surface area contributed by atoms with Crippen molar-refractivity contribution in [1.29, 1.82) is 0 Å². The molecule has 1 N–H and O–H groups in total. The number of carbonyl (C=O) groups excluding carboxylic acids is 1. The van der Waals surface area contributed by atoms with E-state index in [-0.39, 0.29) is 23.5 Å². The van der Waals surface area contributed by atoms with Crippen molar-refractivity contribution in [2.24, 2.45) is 5.41 Å². The largest absolute Gasteiger partial charge is 0.381 e. The summed E-state index contributed by atoms with van der Waals surface area (Å²) >= 11 is 3.31. The Hall–Kier alpha value is -0.940. The van der Waals surface area contributed by atoms with Gasteiger partial charge >= 0.3 is 0 Å². The van der Waals surface area contributed by atoms with Gasteiger partial charge in [-0.15, -0.1) is 0 Å². The van der Waals surface area contributed by atoms with Crippen molar-refractivity contribution in [3.05, 3.63) is 28.5 Å². The van der Waals surface area contributed by atoms with E-state index in [0.717, 1.165) is 10.9 Å². The summed E-state index contributed by atoms with van der Waals surface area (Å²) in [7, 11) is 1.71. The summed E-state index contributed by atoms with van der Waals surface area (Å²) in [4.78, 5) is 16.1. The van der Waals surface area contributed by atoms with Gasteiger partial charge in [-0.1, -0.05) is 13.8 Å². The van der Waals surface area contributed by atoms with Crippen LogP contribution in [0.25, 0.3) is 0 Å². The molecule has 18 heavy (non-hydrogen) atoms. The van der Waals surface area contributed by atoms with Crippen LogP contribution in [-0.2, 0) is 4.74 Å². The fraction of sp³-hybridized carbons (Fsp3) is 0.538. The second-order valence-corrected chi connectivity index (χ2v) is 6.11. The van der Waals surface area contributed by atoms with E-state index in [1.54, 1.807) is 25.6 Å². The minimum atomic E-state index is -0.0866.